The lowest BCUT2D eigenvalue weighted by molar-refractivity contribution is -0.154. The van der Waals surface area contributed by atoms with E-state index in [4.69, 9.17) is 4.74 Å². The van der Waals surface area contributed by atoms with Crippen LogP contribution < -0.4 is 5.32 Å². The fraction of sp³-hybridized carbons (Fsp3) is 0.826. The Bertz CT molecular complexity index is 698. The van der Waals surface area contributed by atoms with Gasteiger partial charge >= 0.3 is 5.97 Å². The average Bonchev–Trinajstić information content (AvgIpc) is 3.32. The summed E-state index contributed by atoms with van der Waals surface area (Å²) in [6.07, 6.45) is 7.42. The maximum absolute atomic E-state index is 12.9. The lowest BCUT2D eigenvalue weighted by Crippen LogP contribution is -2.44. The number of esters is 1. The fourth-order valence-electron chi connectivity index (χ4n) is 4.26. The topological polar surface area (TPSA) is 122 Å². The highest BCUT2D eigenvalue weighted by atomic mass is 32.2. The van der Waals surface area contributed by atoms with Gasteiger partial charge in [-0.1, -0.05) is 43.1 Å². The molecule has 3 atom stereocenters. The predicted octanol–water partition coefficient (Wildman–Crippen LogP) is 3.05. The van der Waals surface area contributed by atoms with E-state index in [9.17, 15) is 24.1 Å². The first-order valence-corrected chi connectivity index (χ1v) is 13.1. The van der Waals surface area contributed by atoms with E-state index in [0.29, 0.717) is 25.8 Å². The van der Waals surface area contributed by atoms with Gasteiger partial charge in [0.05, 0.1) is 19.2 Å². The molecule has 1 aliphatic heterocycles. The summed E-state index contributed by atoms with van der Waals surface area (Å²) >= 11 is 1.05. The second kappa shape index (κ2) is 14.3. The third kappa shape index (κ3) is 8.72. The van der Waals surface area contributed by atoms with Gasteiger partial charge in [0.2, 0.25) is 16.9 Å². The molecule has 0 aromatic rings. The quantitative estimate of drug-likeness (QED) is 0.257. The minimum atomic E-state index is -0.601. The number of nitrogens with zero attached hydrogens (tertiary/aromatic N) is 2. The number of nitroso groups, excluding NO2 is 1. The number of likely N-dealkylation sites (tertiary alicyclic amines) is 1. The molecule has 33 heavy (non-hydrogen) atoms. The van der Waals surface area contributed by atoms with Gasteiger partial charge in [-0.25, -0.2) is 4.79 Å². The van der Waals surface area contributed by atoms with Crippen LogP contribution in [0.4, 0.5) is 0 Å². The van der Waals surface area contributed by atoms with Crippen LogP contribution in [0.1, 0.15) is 71.6 Å². The van der Waals surface area contributed by atoms with Gasteiger partial charge in [-0.15, -0.1) is 0 Å². The van der Waals surface area contributed by atoms with Crippen molar-refractivity contribution in [3.63, 3.8) is 0 Å². The summed E-state index contributed by atoms with van der Waals surface area (Å²) in [5, 5.41) is 5.43. The Morgan fingerprint density at radius 3 is 2.48 bits per heavy atom. The maximum Gasteiger partial charge on any atom is 0.328 e. The Morgan fingerprint density at radius 2 is 1.79 bits per heavy atom. The molecule has 1 N–H and O–H groups in total. The van der Waals surface area contributed by atoms with Crippen molar-refractivity contribution >= 4 is 34.7 Å². The number of hydrogen-bond acceptors (Lipinski definition) is 8. The van der Waals surface area contributed by atoms with Gasteiger partial charge in [0.15, 0.2) is 0 Å². The molecule has 10 heteroatoms. The number of amides is 2. The van der Waals surface area contributed by atoms with E-state index < -0.39 is 24.0 Å². The lowest BCUT2D eigenvalue weighted by Gasteiger charge is -2.26. The van der Waals surface area contributed by atoms with Gasteiger partial charge in [0.1, 0.15) is 6.04 Å². The summed E-state index contributed by atoms with van der Waals surface area (Å²) in [6.45, 7) is 4.32. The minimum absolute atomic E-state index is 0.00644. The van der Waals surface area contributed by atoms with Crippen molar-refractivity contribution < 1.29 is 23.9 Å². The van der Waals surface area contributed by atoms with Crippen LogP contribution in [0.3, 0.4) is 0 Å². The van der Waals surface area contributed by atoms with E-state index in [1.807, 2.05) is 0 Å². The molecule has 1 saturated carbocycles. The molecule has 2 aliphatic rings. The molecule has 0 bridgehead atoms. The van der Waals surface area contributed by atoms with Gasteiger partial charge in [-0.05, 0) is 45.4 Å². The third-order valence-electron chi connectivity index (χ3n) is 6.28. The Morgan fingerprint density at radius 1 is 1.06 bits per heavy atom. The van der Waals surface area contributed by atoms with E-state index in [2.05, 4.69) is 10.5 Å². The van der Waals surface area contributed by atoms with Gasteiger partial charge in [0.25, 0.3) is 0 Å². The van der Waals surface area contributed by atoms with Crippen molar-refractivity contribution in [1.82, 2.24) is 10.2 Å². The summed E-state index contributed by atoms with van der Waals surface area (Å²) in [5.41, 5.74) is 0. The van der Waals surface area contributed by atoms with Crippen LogP contribution in [-0.4, -0.2) is 65.3 Å². The smallest absolute Gasteiger partial charge is 0.328 e. The largest absolute Gasteiger partial charge is 0.464 e. The highest BCUT2D eigenvalue weighted by molar-refractivity contribution is 8.13. The van der Waals surface area contributed by atoms with E-state index in [1.54, 1.807) is 18.7 Å². The molecule has 2 amide bonds. The number of nitrogens with one attached hydrogen (secondary N) is 1. The normalized spacial score (nSPS) is 20.7. The fourth-order valence-corrected chi connectivity index (χ4v) is 5.13. The van der Waals surface area contributed by atoms with Gasteiger partial charge < -0.3 is 15.0 Å². The van der Waals surface area contributed by atoms with E-state index in [1.165, 1.54) is 0 Å². The van der Waals surface area contributed by atoms with Crippen molar-refractivity contribution in [3.05, 3.63) is 4.91 Å². The van der Waals surface area contributed by atoms with Crippen LogP contribution in [-0.2, 0) is 23.9 Å². The highest BCUT2D eigenvalue weighted by Crippen LogP contribution is 2.25. The van der Waals surface area contributed by atoms with Crippen LogP contribution in [0.5, 0.6) is 0 Å². The lowest BCUT2D eigenvalue weighted by atomic mass is 9.88. The maximum atomic E-state index is 12.9. The molecule has 0 aromatic heterocycles. The van der Waals surface area contributed by atoms with Crippen molar-refractivity contribution in [2.75, 3.05) is 25.4 Å². The summed E-state index contributed by atoms with van der Waals surface area (Å²) in [7, 11) is 0. The van der Waals surface area contributed by atoms with E-state index in [0.717, 1.165) is 50.3 Å². The van der Waals surface area contributed by atoms with Crippen LogP contribution in [0.2, 0.25) is 0 Å². The molecular weight excluding hydrogens is 446 g/mol. The Kier molecular flexibility index (Phi) is 11.8. The first-order valence-electron chi connectivity index (χ1n) is 12.1. The number of thioether (sulfide) groups is 1. The molecule has 3 unspecified atom stereocenters. The molecule has 2 fully saturated rings. The van der Waals surface area contributed by atoms with Crippen LogP contribution in [0, 0.1) is 16.7 Å². The van der Waals surface area contributed by atoms with Gasteiger partial charge in [-0.3, -0.25) is 14.4 Å². The molecular formula is C23H37N3O6S. The predicted molar refractivity (Wildman–Crippen MR) is 126 cm³/mol. The van der Waals surface area contributed by atoms with Crippen LogP contribution in [0.15, 0.2) is 5.18 Å². The van der Waals surface area contributed by atoms with Crippen molar-refractivity contribution in [2.45, 2.75) is 83.7 Å². The van der Waals surface area contributed by atoms with E-state index in [-0.39, 0.29) is 41.8 Å². The van der Waals surface area contributed by atoms with E-state index >= 15 is 0 Å². The first-order chi connectivity index (χ1) is 15.8. The highest BCUT2D eigenvalue weighted by Gasteiger charge is 2.37. The molecule has 1 saturated heterocycles. The third-order valence-corrected chi connectivity index (χ3v) is 7.59. The zero-order valence-electron chi connectivity index (χ0n) is 19.8. The summed E-state index contributed by atoms with van der Waals surface area (Å²) < 4.78 is 5.27. The number of carbonyl (C=O) groups is 4. The number of ether oxygens (including phenoxy) is 1. The van der Waals surface area contributed by atoms with Crippen molar-refractivity contribution in [1.29, 1.82) is 0 Å². The molecule has 1 heterocycles. The number of hydrogen-bond donors (Lipinski definition) is 1. The zero-order chi connectivity index (χ0) is 24.2. The first kappa shape index (κ1) is 27.3. The second-order valence-electron chi connectivity index (χ2n) is 9.01. The van der Waals surface area contributed by atoms with Crippen molar-refractivity contribution in [3.8, 4) is 0 Å². The molecule has 9 nitrogen and oxygen atoms in total. The second-order valence-corrected chi connectivity index (χ2v) is 10.0. The molecule has 0 aromatic carbocycles. The molecule has 186 valence electrons. The SMILES string of the molecule is CC(CSC(=O)C(C)NC(=O)C1CCCCC1)C(=O)N1CCCC1C(=O)OCCCCN=O. The average molecular weight is 484 g/mol. The molecule has 2 rings (SSSR count). The summed E-state index contributed by atoms with van der Waals surface area (Å²) in [6, 6.07) is -1.20. The number of rotatable bonds is 12. The summed E-state index contributed by atoms with van der Waals surface area (Å²) in [5.74, 6) is -0.798. The van der Waals surface area contributed by atoms with Crippen LogP contribution >= 0.6 is 11.8 Å². The monoisotopic (exact) mass is 483 g/mol. The Hall–Kier alpha value is -1.97. The van der Waals surface area contributed by atoms with Crippen LogP contribution in [0.25, 0.3) is 0 Å². The van der Waals surface area contributed by atoms with Gasteiger partial charge in [-0.2, -0.15) is 4.91 Å². The minimum Gasteiger partial charge on any atom is -0.464 e. The number of unbranched alkanes of at least 4 members (excludes halogenated alkanes) is 1. The molecule has 0 radical (unpaired) electrons. The van der Waals surface area contributed by atoms with Gasteiger partial charge in [0, 0.05) is 24.1 Å². The van der Waals surface area contributed by atoms with Crippen molar-refractivity contribution in [2.24, 2.45) is 17.0 Å². The zero-order valence-corrected chi connectivity index (χ0v) is 20.6. The Balaban J connectivity index is 1.75. The molecule has 1 aliphatic carbocycles. The standard InChI is InChI=1S/C23H37N3O6S/c1-16(15-33-23(30)17(2)25-20(27)18-9-4-3-5-10-18)21(28)26-13-8-11-19(26)22(29)32-14-7-6-12-24-31/h16-19H,3-15H2,1-2H3,(H,25,27). The number of carbonyl (C=O) groups excluding carboxylic acids is 4. The summed E-state index contributed by atoms with van der Waals surface area (Å²) in [4.78, 5) is 61.8. The Labute approximate surface area is 200 Å². The molecule has 0 spiro atoms.